The van der Waals surface area contributed by atoms with Gasteiger partial charge in [0.1, 0.15) is 0 Å². The summed E-state index contributed by atoms with van der Waals surface area (Å²) in [7, 11) is 1.71. The second kappa shape index (κ2) is 9.37. The molecule has 2 N–H and O–H groups in total. The summed E-state index contributed by atoms with van der Waals surface area (Å²) in [6.07, 6.45) is 0. The van der Waals surface area contributed by atoms with Crippen LogP contribution < -0.4 is 10.6 Å². The highest BCUT2D eigenvalue weighted by Gasteiger charge is 2.00. The molecule has 0 spiro atoms. The van der Waals surface area contributed by atoms with Crippen LogP contribution in [0.3, 0.4) is 0 Å². The first-order valence-corrected chi connectivity index (χ1v) is 7.24. The zero-order valence-corrected chi connectivity index (χ0v) is 13.1. The number of benzene rings is 1. The molecule has 0 atom stereocenters. The van der Waals surface area contributed by atoms with E-state index in [0.717, 1.165) is 19.0 Å². The van der Waals surface area contributed by atoms with Crippen molar-refractivity contribution < 1.29 is 4.74 Å². The van der Waals surface area contributed by atoms with E-state index in [1.165, 1.54) is 11.1 Å². The first kappa shape index (κ1) is 16.5. The van der Waals surface area contributed by atoms with Crippen LogP contribution in [0.1, 0.15) is 31.9 Å². The fraction of sp³-hybridized carbons (Fsp3) is 0.562. The Morgan fingerprint density at radius 1 is 1.25 bits per heavy atom. The maximum atomic E-state index is 5.15. The highest BCUT2D eigenvalue weighted by Crippen LogP contribution is 2.07. The molecule has 0 bridgehead atoms. The Morgan fingerprint density at radius 3 is 2.65 bits per heavy atom. The molecule has 1 rings (SSSR count). The van der Waals surface area contributed by atoms with Gasteiger partial charge in [-0.25, -0.2) is 4.99 Å². The van der Waals surface area contributed by atoms with Gasteiger partial charge in [0.25, 0.3) is 0 Å². The van der Waals surface area contributed by atoms with Gasteiger partial charge in [0.05, 0.1) is 13.2 Å². The number of ether oxygens (including phenoxy) is 1. The molecule has 0 heterocycles. The molecule has 20 heavy (non-hydrogen) atoms. The Balaban J connectivity index is 2.63. The van der Waals surface area contributed by atoms with Gasteiger partial charge in [-0.2, -0.15) is 0 Å². The Labute approximate surface area is 122 Å². The molecule has 112 valence electrons. The highest BCUT2D eigenvalue weighted by atomic mass is 16.5. The van der Waals surface area contributed by atoms with Crippen molar-refractivity contribution in [3.63, 3.8) is 0 Å². The van der Waals surface area contributed by atoms with Crippen molar-refractivity contribution in [2.45, 2.75) is 33.9 Å². The van der Waals surface area contributed by atoms with Crippen LogP contribution in [0.5, 0.6) is 0 Å². The standard InChI is InChI=1S/C16H27N3O/c1-5-17-16(18-10-13(2)3)19-11-14-7-6-8-15(9-14)12-20-4/h6-9,13H,5,10-12H2,1-4H3,(H2,17,18,19). The Kier molecular flexibility index (Phi) is 7.73. The molecule has 0 saturated heterocycles. The van der Waals surface area contributed by atoms with Gasteiger partial charge in [-0.1, -0.05) is 38.1 Å². The number of hydrogen-bond donors (Lipinski definition) is 2. The number of methoxy groups -OCH3 is 1. The van der Waals surface area contributed by atoms with Crippen LogP contribution in [0.2, 0.25) is 0 Å². The molecule has 0 aliphatic heterocycles. The summed E-state index contributed by atoms with van der Waals surface area (Å²) < 4.78 is 5.15. The molecule has 0 unspecified atom stereocenters. The van der Waals surface area contributed by atoms with E-state index in [4.69, 9.17) is 4.74 Å². The van der Waals surface area contributed by atoms with E-state index in [-0.39, 0.29) is 0 Å². The Morgan fingerprint density at radius 2 is 2.00 bits per heavy atom. The van der Waals surface area contributed by atoms with Crippen LogP contribution in [-0.2, 0) is 17.9 Å². The summed E-state index contributed by atoms with van der Waals surface area (Å²) in [5.74, 6) is 1.47. The largest absolute Gasteiger partial charge is 0.380 e. The van der Waals surface area contributed by atoms with Crippen molar-refractivity contribution >= 4 is 5.96 Å². The lowest BCUT2D eigenvalue weighted by molar-refractivity contribution is 0.185. The predicted molar refractivity (Wildman–Crippen MR) is 84.8 cm³/mol. The molecule has 4 nitrogen and oxygen atoms in total. The molecule has 0 radical (unpaired) electrons. The number of aliphatic imine (C=N–C) groups is 1. The lowest BCUT2D eigenvalue weighted by Crippen LogP contribution is -2.39. The Hall–Kier alpha value is -1.55. The van der Waals surface area contributed by atoms with E-state index in [1.54, 1.807) is 7.11 Å². The fourth-order valence-electron chi connectivity index (χ4n) is 1.80. The van der Waals surface area contributed by atoms with Crippen LogP contribution in [0.15, 0.2) is 29.3 Å². The van der Waals surface area contributed by atoms with Gasteiger partial charge in [0.2, 0.25) is 0 Å². The number of hydrogen-bond acceptors (Lipinski definition) is 2. The maximum absolute atomic E-state index is 5.15. The molecule has 0 aliphatic rings. The van der Waals surface area contributed by atoms with Gasteiger partial charge >= 0.3 is 0 Å². The minimum absolute atomic E-state index is 0.601. The SMILES string of the molecule is CCNC(=NCc1cccc(COC)c1)NCC(C)C. The van der Waals surface area contributed by atoms with Crippen molar-refractivity contribution in [3.05, 3.63) is 35.4 Å². The number of rotatable bonds is 7. The summed E-state index contributed by atoms with van der Waals surface area (Å²) >= 11 is 0. The number of nitrogens with one attached hydrogen (secondary N) is 2. The minimum Gasteiger partial charge on any atom is -0.380 e. The van der Waals surface area contributed by atoms with Gasteiger partial charge < -0.3 is 15.4 Å². The van der Waals surface area contributed by atoms with Crippen LogP contribution in [0.25, 0.3) is 0 Å². The normalized spacial score (nSPS) is 11.8. The molecular weight excluding hydrogens is 250 g/mol. The summed E-state index contributed by atoms with van der Waals surface area (Å²) in [6.45, 7) is 9.55. The average Bonchev–Trinajstić information content (AvgIpc) is 2.42. The first-order chi connectivity index (χ1) is 9.65. The van der Waals surface area contributed by atoms with Crippen LogP contribution in [0.4, 0.5) is 0 Å². The van der Waals surface area contributed by atoms with Gasteiger partial charge in [-0.3, -0.25) is 0 Å². The predicted octanol–water partition coefficient (Wildman–Crippen LogP) is 2.54. The van der Waals surface area contributed by atoms with Crippen molar-refractivity contribution in [1.82, 2.24) is 10.6 Å². The molecular formula is C16H27N3O. The van der Waals surface area contributed by atoms with Crippen molar-refractivity contribution in [2.24, 2.45) is 10.9 Å². The van der Waals surface area contributed by atoms with E-state index in [9.17, 15) is 0 Å². The third kappa shape index (κ3) is 6.57. The second-order valence-electron chi connectivity index (χ2n) is 5.22. The molecule has 0 saturated carbocycles. The second-order valence-corrected chi connectivity index (χ2v) is 5.22. The molecule has 0 amide bonds. The van der Waals surface area contributed by atoms with Gasteiger partial charge in [-0.15, -0.1) is 0 Å². The zero-order chi connectivity index (χ0) is 14.8. The maximum Gasteiger partial charge on any atom is 0.191 e. The minimum atomic E-state index is 0.601. The average molecular weight is 277 g/mol. The van der Waals surface area contributed by atoms with E-state index in [0.29, 0.717) is 19.1 Å². The van der Waals surface area contributed by atoms with E-state index in [1.807, 2.05) is 6.07 Å². The molecule has 4 heteroatoms. The third-order valence-corrected chi connectivity index (χ3v) is 2.74. The quantitative estimate of drug-likeness (QED) is 0.595. The lowest BCUT2D eigenvalue weighted by atomic mass is 10.1. The Bertz CT molecular complexity index is 416. The molecule has 0 aromatic heterocycles. The molecule has 1 aromatic carbocycles. The highest BCUT2D eigenvalue weighted by molar-refractivity contribution is 5.79. The molecule has 0 fully saturated rings. The monoisotopic (exact) mass is 277 g/mol. The van der Waals surface area contributed by atoms with Gasteiger partial charge in [0, 0.05) is 20.2 Å². The summed E-state index contributed by atoms with van der Waals surface area (Å²) in [5, 5.41) is 6.61. The fourth-order valence-corrected chi connectivity index (χ4v) is 1.80. The first-order valence-electron chi connectivity index (χ1n) is 7.24. The van der Waals surface area contributed by atoms with Crippen LogP contribution in [-0.4, -0.2) is 26.2 Å². The number of nitrogens with zero attached hydrogens (tertiary/aromatic N) is 1. The third-order valence-electron chi connectivity index (χ3n) is 2.74. The smallest absolute Gasteiger partial charge is 0.191 e. The lowest BCUT2D eigenvalue weighted by Gasteiger charge is -2.13. The van der Waals surface area contributed by atoms with E-state index < -0.39 is 0 Å². The van der Waals surface area contributed by atoms with Crippen LogP contribution >= 0.6 is 0 Å². The van der Waals surface area contributed by atoms with Crippen molar-refractivity contribution in [3.8, 4) is 0 Å². The van der Waals surface area contributed by atoms with Crippen molar-refractivity contribution in [2.75, 3.05) is 20.2 Å². The molecule has 0 aliphatic carbocycles. The summed E-state index contributed by atoms with van der Waals surface area (Å²) in [4.78, 5) is 4.61. The molecule has 1 aromatic rings. The zero-order valence-electron chi connectivity index (χ0n) is 13.1. The van der Waals surface area contributed by atoms with E-state index >= 15 is 0 Å². The number of guanidine groups is 1. The van der Waals surface area contributed by atoms with Crippen LogP contribution in [0, 0.1) is 5.92 Å². The van der Waals surface area contributed by atoms with E-state index in [2.05, 4.69) is 54.6 Å². The van der Waals surface area contributed by atoms with Crippen molar-refractivity contribution in [1.29, 1.82) is 0 Å². The summed E-state index contributed by atoms with van der Waals surface area (Å²) in [5.41, 5.74) is 2.38. The topological polar surface area (TPSA) is 45.7 Å². The van der Waals surface area contributed by atoms with Gasteiger partial charge in [0.15, 0.2) is 5.96 Å². The summed E-state index contributed by atoms with van der Waals surface area (Å²) in [6, 6.07) is 8.35. The van der Waals surface area contributed by atoms with Gasteiger partial charge in [-0.05, 0) is 24.0 Å².